The fourth-order valence-electron chi connectivity index (χ4n) is 0.789. The molecule has 0 aromatic carbocycles. The van der Waals surface area contributed by atoms with E-state index in [4.69, 9.17) is 11.0 Å². The summed E-state index contributed by atoms with van der Waals surface area (Å²) in [5, 5.41) is 11.1. The number of nitrogens with zero attached hydrogens (tertiary/aromatic N) is 1. The molecule has 0 heterocycles. The zero-order chi connectivity index (χ0) is 10.5. The molecule has 13 heavy (non-hydrogen) atoms. The van der Waals surface area contributed by atoms with Crippen molar-refractivity contribution in [2.45, 2.75) is 32.7 Å². The Hall–Kier alpha value is -1.08. The Morgan fingerprint density at radius 1 is 1.69 bits per heavy atom. The van der Waals surface area contributed by atoms with E-state index in [1.807, 2.05) is 6.07 Å². The standard InChI is InChI=1S/C9H17N3O/c1-7(5-10)6-12-8(13)4-9(2,3)11/h7H,4,6,11H2,1-3H3,(H,12,13). The molecule has 4 nitrogen and oxygen atoms in total. The van der Waals surface area contributed by atoms with Crippen molar-refractivity contribution in [1.29, 1.82) is 5.26 Å². The fourth-order valence-corrected chi connectivity index (χ4v) is 0.789. The maximum atomic E-state index is 11.2. The number of amides is 1. The summed E-state index contributed by atoms with van der Waals surface area (Å²) >= 11 is 0. The van der Waals surface area contributed by atoms with Crippen molar-refractivity contribution in [2.24, 2.45) is 11.7 Å². The van der Waals surface area contributed by atoms with Crippen LogP contribution in [-0.4, -0.2) is 18.0 Å². The second-order valence-corrected chi connectivity index (χ2v) is 4.00. The van der Waals surface area contributed by atoms with Crippen LogP contribution in [0.5, 0.6) is 0 Å². The van der Waals surface area contributed by atoms with Crippen LogP contribution >= 0.6 is 0 Å². The van der Waals surface area contributed by atoms with Crippen LogP contribution in [0.25, 0.3) is 0 Å². The number of rotatable bonds is 4. The van der Waals surface area contributed by atoms with Gasteiger partial charge in [-0.3, -0.25) is 4.79 Å². The van der Waals surface area contributed by atoms with Gasteiger partial charge in [-0.05, 0) is 20.8 Å². The molecule has 0 bridgehead atoms. The van der Waals surface area contributed by atoms with Gasteiger partial charge in [0.05, 0.1) is 12.0 Å². The van der Waals surface area contributed by atoms with E-state index in [0.717, 1.165) is 0 Å². The first-order valence-electron chi connectivity index (χ1n) is 4.30. The van der Waals surface area contributed by atoms with Crippen molar-refractivity contribution in [3.8, 4) is 6.07 Å². The third-order valence-corrected chi connectivity index (χ3v) is 1.44. The lowest BCUT2D eigenvalue weighted by Gasteiger charge is -2.17. The molecule has 0 saturated heterocycles. The lowest BCUT2D eigenvalue weighted by atomic mass is 10.0. The minimum absolute atomic E-state index is 0.102. The van der Waals surface area contributed by atoms with E-state index in [9.17, 15) is 4.79 Å². The quantitative estimate of drug-likeness (QED) is 0.661. The van der Waals surface area contributed by atoms with Gasteiger partial charge in [-0.15, -0.1) is 0 Å². The Kier molecular flexibility index (Phi) is 4.43. The van der Waals surface area contributed by atoms with Crippen LogP contribution in [-0.2, 0) is 4.79 Å². The van der Waals surface area contributed by atoms with Gasteiger partial charge in [-0.2, -0.15) is 5.26 Å². The van der Waals surface area contributed by atoms with Gasteiger partial charge >= 0.3 is 0 Å². The summed E-state index contributed by atoms with van der Waals surface area (Å²) in [5.41, 5.74) is 5.16. The highest BCUT2D eigenvalue weighted by molar-refractivity contribution is 5.77. The molecule has 0 aliphatic rings. The van der Waals surface area contributed by atoms with Crippen LogP contribution in [0, 0.1) is 17.2 Å². The summed E-state index contributed by atoms with van der Waals surface area (Å²) in [6, 6.07) is 2.04. The number of nitrogens with one attached hydrogen (secondary N) is 1. The van der Waals surface area contributed by atoms with Crippen molar-refractivity contribution in [2.75, 3.05) is 6.54 Å². The molecule has 1 amide bonds. The first kappa shape index (κ1) is 11.9. The molecule has 0 aromatic rings. The molecule has 3 N–H and O–H groups in total. The van der Waals surface area contributed by atoms with Gasteiger partial charge < -0.3 is 11.1 Å². The molecule has 0 aliphatic heterocycles. The molecule has 0 saturated carbocycles. The smallest absolute Gasteiger partial charge is 0.221 e. The van der Waals surface area contributed by atoms with Crippen LogP contribution in [0.15, 0.2) is 0 Å². The van der Waals surface area contributed by atoms with Gasteiger partial charge in [0.25, 0.3) is 0 Å². The predicted molar refractivity (Wildman–Crippen MR) is 50.7 cm³/mol. The highest BCUT2D eigenvalue weighted by atomic mass is 16.1. The van der Waals surface area contributed by atoms with Crippen LogP contribution in [0.1, 0.15) is 27.2 Å². The number of nitriles is 1. The van der Waals surface area contributed by atoms with Crippen LogP contribution in [0.2, 0.25) is 0 Å². The number of carbonyl (C=O) groups is 1. The molecular formula is C9H17N3O. The van der Waals surface area contributed by atoms with Gasteiger partial charge in [0, 0.05) is 18.5 Å². The first-order chi connectivity index (χ1) is 5.85. The molecule has 1 atom stereocenters. The number of hydrogen-bond acceptors (Lipinski definition) is 3. The lowest BCUT2D eigenvalue weighted by molar-refractivity contribution is -0.122. The largest absolute Gasteiger partial charge is 0.355 e. The van der Waals surface area contributed by atoms with E-state index < -0.39 is 5.54 Å². The number of hydrogen-bond donors (Lipinski definition) is 2. The Labute approximate surface area is 79.1 Å². The van der Waals surface area contributed by atoms with Crippen molar-refractivity contribution in [3.05, 3.63) is 0 Å². The van der Waals surface area contributed by atoms with Gasteiger partial charge in [-0.25, -0.2) is 0 Å². The van der Waals surface area contributed by atoms with Crippen LogP contribution in [0.3, 0.4) is 0 Å². The molecule has 0 aliphatic carbocycles. The third-order valence-electron chi connectivity index (χ3n) is 1.44. The van der Waals surface area contributed by atoms with Crippen molar-refractivity contribution in [1.82, 2.24) is 5.32 Å². The van der Waals surface area contributed by atoms with Gasteiger partial charge in [0.2, 0.25) is 5.91 Å². The predicted octanol–water partition coefficient (Wildman–Crippen LogP) is 0.390. The van der Waals surface area contributed by atoms with Gasteiger partial charge in [0.15, 0.2) is 0 Å². The summed E-state index contributed by atoms with van der Waals surface area (Å²) in [5.74, 6) is -0.251. The normalized spacial score (nSPS) is 13.2. The minimum Gasteiger partial charge on any atom is -0.355 e. The molecule has 0 rings (SSSR count). The molecule has 4 heteroatoms. The van der Waals surface area contributed by atoms with Crippen LogP contribution in [0.4, 0.5) is 0 Å². The van der Waals surface area contributed by atoms with E-state index in [2.05, 4.69) is 5.32 Å². The van der Waals surface area contributed by atoms with Crippen LogP contribution < -0.4 is 11.1 Å². The number of nitrogens with two attached hydrogens (primary N) is 1. The maximum Gasteiger partial charge on any atom is 0.221 e. The average Bonchev–Trinajstić information content (AvgIpc) is 1.97. The maximum absolute atomic E-state index is 11.2. The van der Waals surface area contributed by atoms with E-state index in [-0.39, 0.29) is 18.2 Å². The Morgan fingerprint density at radius 2 is 2.23 bits per heavy atom. The Balaban J connectivity index is 3.72. The molecule has 74 valence electrons. The second-order valence-electron chi connectivity index (χ2n) is 4.00. The second kappa shape index (κ2) is 4.83. The Morgan fingerprint density at radius 3 is 2.62 bits per heavy atom. The molecule has 0 spiro atoms. The molecule has 0 radical (unpaired) electrons. The van der Waals surface area contributed by atoms with E-state index in [1.165, 1.54) is 0 Å². The lowest BCUT2D eigenvalue weighted by Crippen LogP contribution is -2.40. The molecular weight excluding hydrogens is 166 g/mol. The first-order valence-corrected chi connectivity index (χ1v) is 4.30. The summed E-state index contributed by atoms with van der Waals surface area (Å²) in [6.07, 6.45) is 0.283. The SMILES string of the molecule is CC(C#N)CNC(=O)CC(C)(C)N. The van der Waals surface area contributed by atoms with E-state index in [1.54, 1.807) is 20.8 Å². The zero-order valence-electron chi connectivity index (χ0n) is 8.42. The van der Waals surface area contributed by atoms with Crippen molar-refractivity contribution < 1.29 is 4.79 Å². The van der Waals surface area contributed by atoms with Gasteiger partial charge in [0.1, 0.15) is 0 Å². The van der Waals surface area contributed by atoms with E-state index >= 15 is 0 Å². The summed E-state index contributed by atoms with van der Waals surface area (Å²) in [4.78, 5) is 11.2. The molecule has 0 fully saturated rings. The van der Waals surface area contributed by atoms with Crippen molar-refractivity contribution in [3.63, 3.8) is 0 Å². The molecule has 0 aromatic heterocycles. The fraction of sp³-hybridized carbons (Fsp3) is 0.778. The monoisotopic (exact) mass is 183 g/mol. The van der Waals surface area contributed by atoms with Gasteiger partial charge in [-0.1, -0.05) is 0 Å². The average molecular weight is 183 g/mol. The summed E-state index contributed by atoms with van der Waals surface area (Å²) in [6.45, 7) is 5.74. The zero-order valence-corrected chi connectivity index (χ0v) is 8.42. The topological polar surface area (TPSA) is 78.9 Å². The van der Waals surface area contributed by atoms with E-state index in [0.29, 0.717) is 6.54 Å². The minimum atomic E-state index is -0.486. The summed E-state index contributed by atoms with van der Waals surface area (Å²) < 4.78 is 0. The highest BCUT2D eigenvalue weighted by Crippen LogP contribution is 2.02. The summed E-state index contributed by atoms with van der Waals surface area (Å²) in [7, 11) is 0. The number of carbonyl (C=O) groups excluding carboxylic acids is 1. The molecule has 1 unspecified atom stereocenters. The highest BCUT2D eigenvalue weighted by Gasteiger charge is 2.16. The third kappa shape index (κ3) is 7.29. The van der Waals surface area contributed by atoms with Crippen molar-refractivity contribution >= 4 is 5.91 Å². The Bertz CT molecular complexity index is 212.